The summed E-state index contributed by atoms with van der Waals surface area (Å²) >= 11 is 0. The quantitative estimate of drug-likeness (QED) is 0.867. The molecule has 0 amide bonds. The lowest BCUT2D eigenvalue weighted by atomic mass is 10.00. The zero-order valence-corrected chi connectivity index (χ0v) is 14.3. The number of ether oxygens (including phenoxy) is 1. The van der Waals surface area contributed by atoms with E-state index in [4.69, 9.17) is 4.74 Å². The zero-order chi connectivity index (χ0) is 17.2. The molecule has 2 atom stereocenters. The van der Waals surface area contributed by atoms with E-state index in [1.54, 1.807) is 12.1 Å². The molecule has 1 aliphatic heterocycles. The molecule has 2 unspecified atom stereocenters. The van der Waals surface area contributed by atoms with Crippen molar-refractivity contribution in [3.05, 3.63) is 59.7 Å². The van der Waals surface area contributed by atoms with Crippen molar-refractivity contribution >= 4 is 9.84 Å². The van der Waals surface area contributed by atoms with Crippen LogP contribution in [0.2, 0.25) is 0 Å². The van der Waals surface area contributed by atoms with Gasteiger partial charge in [0, 0.05) is 30.8 Å². The molecule has 2 aromatic rings. The first-order valence-corrected chi connectivity index (χ1v) is 9.77. The Bertz CT molecular complexity index is 802. The standard InChI is InChI=1S/C18H21NO4S/c1-24(21,22)14-8-6-13(7-9-14)17(20)12-19-16-10-11-23-18-5-3-2-4-15(16)18/h2-9,16-17,19-20H,10-12H2,1H3. The van der Waals surface area contributed by atoms with E-state index >= 15 is 0 Å². The lowest BCUT2D eigenvalue weighted by molar-refractivity contribution is 0.162. The summed E-state index contributed by atoms with van der Waals surface area (Å²) in [6, 6.07) is 14.4. The average Bonchev–Trinajstić information content (AvgIpc) is 2.59. The van der Waals surface area contributed by atoms with E-state index in [-0.39, 0.29) is 10.9 Å². The lowest BCUT2D eigenvalue weighted by Gasteiger charge is -2.27. The Balaban J connectivity index is 1.65. The van der Waals surface area contributed by atoms with Crippen LogP contribution in [0.4, 0.5) is 0 Å². The van der Waals surface area contributed by atoms with Gasteiger partial charge < -0.3 is 15.2 Å². The summed E-state index contributed by atoms with van der Waals surface area (Å²) in [5, 5.41) is 13.7. The summed E-state index contributed by atoms with van der Waals surface area (Å²) in [6.45, 7) is 1.03. The molecule has 2 N–H and O–H groups in total. The van der Waals surface area contributed by atoms with E-state index < -0.39 is 15.9 Å². The Morgan fingerprint density at radius 3 is 2.62 bits per heavy atom. The van der Waals surface area contributed by atoms with Crippen molar-refractivity contribution in [2.75, 3.05) is 19.4 Å². The molecule has 1 aliphatic rings. The predicted octanol–water partition coefficient (Wildman–Crippen LogP) is 2.24. The molecular formula is C18H21NO4S. The lowest BCUT2D eigenvalue weighted by Crippen LogP contribution is -2.30. The molecule has 0 saturated heterocycles. The van der Waals surface area contributed by atoms with Gasteiger partial charge in [0.05, 0.1) is 17.6 Å². The molecular weight excluding hydrogens is 326 g/mol. The van der Waals surface area contributed by atoms with Crippen molar-refractivity contribution in [2.24, 2.45) is 0 Å². The molecule has 2 aromatic carbocycles. The Labute approximate surface area is 142 Å². The molecule has 0 radical (unpaired) electrons. The Kier molecular flexibility index (Phi) is 4.89. The Morgan fingerprint density at radius 2 is 1.92 bits per heavy atom. The SMILES string of the molecule is CS(=O)(=O)c1ccc(C(O)CNC2CCOc3ccccc32)cc1. The maximum absolute atomic E-state index is 11.5. The van der Waals surface area contributed by atoms with Crippen molar-refractivity contribution in [3.8, 4) is 5.75 Å². The number of aliphatic hydroxyl groups excluding tert-OH is 1. The number of sulfone groups is 1. The zero-order valence-electron chi connectivity index (χ0n) is 13.5. The summed E-state index contributed by atoms with van der Waals surface area (Å²) in [5.74, 6) is 0.883. The van der Waals surface area contributed by atoms with Crippen LogP contribution in [0.3, 0.4) is 0 Å². The highest BCUT2D eigenvalue weighted by Crippen LogP contribution is 2.31. The van der Waals surface area contributed by atoms with Gasteiger partial charge in [-0.3, -0.25) is 0 Å². The molecule has 6 heteroatoms. The van der Waals surface area contributed by atoms with Crippen LogP contribution in [0.1, 0.15) is 29.7 Å². The summed E-state index contributed by atoms with van der Waals surface area (Å²) in [7, 11) is -3.22. The number of rotatable bonds is 5. The van der Waals surface area contributed by atoms with Gasteiger partial charge in [0.15, 0.2) is 9.84 Å². The third-order valence-electron chi connectivity index (χ3n) is 4.21. The summed E-state index contributed by atoms with van der Waals surface area (Å²) in [5.41, 5.74) is 1.79. The second-order valence-electron chi connectivity index (χ2n) is 5.99. The minimum atomic E-state index is -3.22. The number of benzene rings is 2. The second kappa shape index (κ2) is 6.93. The van der Waals surface area contributed by atoms with Gasteiger partial charge in [0.1, 0.15) is 5.75 Å². The topological polar surface area (TPSA) is 75.6 Å². The van der Waals surface area contributed by atoms with E-state index in [0.717, 1.165) is 17.7 Å². The molecule has 128 valence electrons. The van der Waals surface area contributed by atoms with Crippen LogP contribution >= 0.6 is 0 Å². The molecule has 5 nitrogen and oxygen atoms in total. The van der Waals surface area contributed by atoms with Gasteiger partial charge in [-0.05, 0) is 23.8 Å². The van der Waals surface area contributed by atoms with Crippen molar-refractivity contribution in [1.29, 1.82) is 0 Å². The highest BCUT2D eigenvalue weighted by Gasteiger charge is 2.21. The first-order valence-electron chi connectivity index (χ1n) is 7.88. The number of para-hydroxylation sites is 1. The van der Waals surface area contributed by atoms with Crippen LogP contribution in [0.15, 0.2) is 53.4 Å². The summed E-state index contributed by atoms with van der Waals surface area (Å²) < 4.78 is 28.6. The van der Waals surface area contributed by atoms with Gasteiger partial charge in [0.2, 0.25) is 0 Å². The van der Waals surface area contributed by atoms with Crippen molar-refractivity contribution in [2.45, 2.75) is 23.5 Å². The van der Waals surface area contributed by atoms with E-state index in [0.29, 0.717) is 18.7 Å². The molecule has 0 spiro atoms. The van der Waals surface area contributed by atoms with Crippen LogP contribution in [-0.4, -0.2) is 32.9 Å². The molecule has 0 aromatic heterocycles. The Morgan fingerprint density at radius 1 is 1.21 bits per heavy atom. The highest BCUT2D eigenvalue weighted by atomic mass is 32.2. The maximum atomic E-state index is 11.5. The van der Waals surface area contributed by atoms with Crippen LogP contribution < -0.4 is 10.1 Å². The molecule has 0 saturated carbocycles. The van der Waals surface area contributed by atoms with E-state index in [9.17, 15) is 13.5 Å². The average molecular weight is 347 g/mol. The summed E-state index contributed by atoms with van der Waals surface area (Å²) in [4.78, 5) is 0.254. The maximum Gasteiger partial charge on any atom is 0.175 e. The fourth-order valence-electron chi connectivity index (χ4n) is 2.86. The minimum Gasteiger partial charge on any atom is -0.493 e. The first kappa shape index (κ1) is 17.0. The number of aliphatic hydroxyl groups is 1. The van der Waals surface area contributed by atoms with E-state index in [2.05, 4.69) is 5.32 Å². The van der Waals surface area contributed by atoms with Gasteiger partial charge in [-0.25, -0.2) is 8.42 Å². The normalized spacial score (nSPS) is 18.5. The van der Waals surface area contributed by atoms with Gasteiger partial charge in [-0.1, -0.05) is 30.3 Å². The van der Waals surface area contributed by atoms with Crippen LogP contribution in [0, 0.1) is 0 Å². The predicted molar refractivity (Wildman–Crippen MR) is 91.8 cm³/mol. The fraction of sp³-hybridized carbons (Fsp3) is 0.333. The van der Waals surface area contributed by atoms with Crippen molar-refractivity contribution in [3.63, 3.8) is 0 Å². The smallest absolute Gasteiger partial charge is 0.175 e. The van der Waals surface area contributed by atoms with E-state index in [1.165, 1.54) is 18.4 Å². The van der Waals surface area contributed by atoms with Crippen LogP contribution in [0.25, 0.3) is 0 Å². The Hall–Kier alpha value is -1.89. The minimum absolute atomic E-state index is 0.139. The van der Waals surface area contributed by atoms with Gasteiger partial charge in [0.25, 0.3) is 0 Å². The number of nitrogens with one attached hydrogen (secondary N) is 1. The van der Waals surface area contributed by atoms with Gasteiger partial charge >= 0.3 is 0 Å². The third kappa shape index (κ3) is 3.77. The van der Waals surface area contributed by atoms with Crippen LogP contribution in [0.5, 0.6) is 5.75 Å². The largest absolute Gasteiger partial charge is 0.493 e. The van der Waals surface area contributed by atoms with E-state index in [1.807, 2.05) is 24.3 Å². The number of hydrogen-bond acceptors (Lipinski definition) is 5. The molecule has 0 aliphatic carbocycles. The van der Waals surface area contributed by atoms with Crippen molar-refractivity contribution in [1.82, 2.24) is 5.32 Å². The van der Waals surface area contributed by atoms with Crippen LogP contribution in [-0.2, 0) is 9.84 Å². The van der Waals surface area contributed by atoms with Gasteiger partial charge in [-0.2, -0.15) is 0 Å². The van der Waals surface area contributed by atoms with Gasteiger partial charge in [-0.15, -0.1) is 0 Å². The molecule has 3 rings (SSSR count). The first-order chi connectivity index (χ1) is 11.4. The third-order valence-corrected chi connectivity index (χ3v) is 5.34. The molecule has 0 bridgehead atoms. The number of fused-ring (bicyclic) bond motifs is 1. The molecule has 1 heterocycles. The fourth-order valence-corrected chi connectivity index (χ4v) is 3.49. The molecule has 0 fully saturated rings. The van der Waals surface area contributed by atoms with Crippen molar-refractivity contribution < 1.29 is 18.3 Å². The summed E-state index contributed by atoms with van der Waals surface area (Å²) in [6.07, 6.45) is 1.31. The highest BCUT2D eigenvalue weighted by molar-refractivity contribution is 7.90. The second-order valence-corrected chi connectivity index (χ2v) is 8.01. The monoisotopic (exact) mass is 347 g/mol. The number of hydrogen-bond donors (Lipinski definition) is 2. The molecule has 24 heavy (non-hydrogen) atoms.